The Hall–Kier alpha value is -3.09. The number of amides is 2. The summed E-state index contributed by atoms with van der Waals surface area (Å²) >= 11 is 0. The first-order valence-corrected chi connectivity index (χ1v) is 9.21. The summed E-state index contributed by atoms with van der Waals surface area (Å²) in [5, 5.41) is 2.40. The van der Waals surface area contributed by atoms with Gasteiger partial charge < -0.3 is 10.2 Å². The van der Waals surface area contributed by atoms with Crippen LogP contribution >= 0.6 is 0 Å². The van der Waals surface area contributed by atoms with Crippen LogP contribution in [0.3, 0.4) is 0 Å². The van der Waals surface area contributed by atoms with Crippen LogP contribution in [0.15, 0.2) is 60.8 Å². The van der Waals surface area contributed by atoms with E-state index in [2.05, 4.69) is 5.32 Å². The molecule has 0 aliphatic carbocycles. The van der Waals surface area contributed by atoms with Gasteiger partial charge in [-0.25, -0.2) is 0 Å². The zero-order valence-electron chi connectivity index (χ0n) is 15.8. The van der Waals surface area contributed by atoms with Gasteiger partial charge in [0.25, 0.3) is 0 Å². The predicted molar refractivity (Wildman–Crippen MR) is 104 cm³/mol. The molecule has 1 N–H and O–H groups in total. The maximum absolute atomic E-state index is 13.5. The number of carbonyl (C=O) groups excluding carboxylic acids is 2. The van der Waals surface area contributed by atoms with E-state index in [1.54, 1.807) is 24.4 Å². The summed E-state index contributed by atoms with van der Waals surface area (Å²) in [5.74, 6) is -2.59. The molecule has 0 spiro atoms. The summed E-state index contributed by atoms with van der Waals surface area (Å²) in [5.41, 5.74) is 1.76. The monoisotopic (exact) mass is 402 g/mol. The van der Waals surface area contributed by atoms with Crippen LogP contribution in [0.4, 0.5) is 13.2 Å². The fourth-order valence-electron chi connectivity index (χ4n) is 3.48. The van der Waals surface area contributed by atoms with E-state index in [-0.39, 0.29) is 17.9 Å². The molecule has 1 heterocycles. The van der Waals surface area contributed by atoms with Gasteiger partial charge in [-0.3, -0.25) is 9.59 Å². The Balaban J connectivity index is 1.73. The molecule has 152 valence electrons. The highest BCUT2D eigenvalue weighted by Crippen LogP contribution is 2.35. The smallest absolute Gasteiger partial charge is 0.355 e. The maximum Gasteiger partial charge on any atom is 0.397 e. The topological polar surface area (TPSA) is 49.4 Å². The average Bonchev–Trinajstić information content (AvgIpc) is 2.68. The average molecular weight is 402 g/mol. The number of nitrogens with one attached hydrogen (secondary N) is 1. The first-order chi connectivity index (χ1) is 13.8. The van der Waals surface area contributed by atoms with Crippen LogP contribution in [-0.2, 0) is 9.59 Å². The molecule has 2 amide bonds. The second kappa shape index (κ2) is 8.51. The van der Waals surface area contributed by atoms with Crippen molar-refractivity contribution in [2.75, 3.05) is 6.54 Å². The summed E-state index contributed by atoms with van der Waals surface area (Å²) in [4.78, 5) is 25.9. The van der Waals surface area contributed by atoms with Crippen molar-refractivity contribution in [2.45, 2.75) is 31.5 Å². The molecule has 0 saturated heterocycles. The van der Waals surface area contributed by atoms with E-state index in [1.807, 2.05) is 18.2 Å². The SMILES string of the molecule is CC(=O)N1C=Cc2ccccc2[C@H]1CC(=O)NC[C@@H](c1ccccc1)C(F)(F)F. The Kier molecular flexibility index (Phi) is 6.06. The van der Waals surface area contributed by atoms with Crippen molar-refractivity contribution in [2.24, 2.45) is 0 Å². The Morgan fingerprint density at radius 3 is 2.38 bits per heavy atom. The van der Waals surface area contributed by atoms with Gasteiger partial charge in [-0.05, 0) is 22.8 Å². The number of hydrogen-bond acceptors (Lipinski definition) is 2. The molecule has 1 aliphatic heterocycles. The van der Waals surface area contributed by atoms with Gasteiger partial charge in [0.2, 0.25) is 11.8 Å². The van der Waals surface area contributed by atoms with E-state index in [0.717, 1.165) is 11.1 Å². The van der Waals surface area contributed by atoms with Crippen molar-refractivity contribution in [3.8, 4) is 0 Å². The first kappa shape index (κ1) is 20.6. The Labute approximate surface area is 167 Å². The van der Waals surface area contributed by atoms with Gasteiger partial charge in [-0.1, -0.05) is 54.6 Å². The normalized spacial score (nSPS) is 16.8. The summed E-state index contributed by atoms with van der Waals surface area (Å²) < 4.78 is 40.4. The summed E-state index contributed by atoms with van der Waals surface area (Å²) in [6.45, 7) is 0.828. The predicted octanol–water partition coefficient (Wildman–Crippen LogP) is 4.41. The zero-order valence-corrected chi connectivity index (χ0v) is 15.8. The fourth-order valence-corrected chi connectivity index (χ4v) is 3.48. The highest BCUT2D eigenvalue weighted by atomic mass is 19.4. The van der Waals surface area contributed by atoms with E-state index in [1.165, 1.54) is 36.1 Å². The summed E-state index contributed by atoms with van der Waals surface area (Å²) in [6, 6.07) is 14.3. The minimum absolute atomic E-state index is 0.0941. The van der Waals surface area contributed by atoms with E-state index < -0.39 is 30.6 Å². The number of rotatable bonds is 5. The fraction of sp³-hybridized carbons (Fsp3) is 0.273. The molecule has 0 fully saturated rings. The number of fused-ring (bicyclic) bond motifs is 1. The lowest BCUT2D eigenvalue weighted by atomic mass is 9.93. The van der Waals surface area contributed by atoms with E-state index in [4.69, 9.17) is 0 Å². The van der Waals surface area contributed by atoms with Gasteiger partial charge in [-0.2, -0.15) is 13.2 Å². The van der Waals surface area contributed by atoms with Crippen LogP contribution in [0, 0.1) is 0 Å². The molecule has 1 aliphatic rings. The second-order valence-electron chi connectivity index (χ2n) is 6.90. The van der Waals surface area contributed by atoms with Gasteiger partial charge in [0.05, 0.1) is 18.4 Å². The van der Waals surface area contributed by atoms with Crippen molar-refractivity contribution >= 4 is 17.9 Å². The van der Waals surface area contributed by atoms with Gasteiger partial charge in [0.1, 0.15) is 0 Å². The summed E-state index contributed by atoms with van der Waals surface area (Å²) in [6.07, 6.45) is -1.23. The van der Waals surface area contributed by atoms with Gasteiger partial charge in [0, 0.05) is 19.7 Å². The molecule has 0 unspecified atom stereocenters. The standard InChI is InChI=1S/C22H21F3N2O2/c1-15(28)27-12-11-16-7-5-6-10-18(16)20(27)13-21(29)26-14-19(22(23,24)25)17-8-3-2-4-9-17/h2-12,19-20H,13-14H2,1H3,(H,26,29)/t19-,20+/m0/s1. The molecule has 0 aromatic heterocycles. The van der Waals surface area contributed by atoms with E-state index in [9.17, 15) is 22.8 Å². The Morgan fingerprint density at radius 2 is 1.72 bits per heavy atom. The molecular weight excluding hydrogens is 381 g/mol. The minimum atomic E-state index is -4.49. The highest BCUT2D eigenvalue weighted by Gasteiger charge is 2.41. The molecule has 29 heavy (non-hydrogen) atoms. The minimum Gasteiger partial charge on any atom is -0.355 e. The quantitative estimate of drug-likeness (QED) is 0.805. The van der Waals surface area contributed by atoms with Crippen LogP contribution in [0.1, 0.15) is 42.0 Å². The molecule has 3 rings (SSSR count). The third-order valence-corrected chi connectivity index (χ3v) is 4.95. The molecule has 0 bridgehead atoms. The van der Waals surface area contributed by atoms with E-state index in [0.29, 0.717) is 0 Å². The number of alkyl halides is 3. The van der Waals surface area contributed by atoms with Gasteiger partial charge in [-0.15, -0.1) is 0 Å². The van der Waals surface area contributed by atoms with Gasteiger partial charge in [0.15, 0.2) is 0 Å². The van der Waals surface area contributed by atoms with Crippen molar-refractivity contribution < 1.29 is 22.8 Å². The van der Waals surface area contributed by atoms with Crippen LogP contribution < -0.4 is 5.32 Å². The summed E-state index contributed by atoms with van der Waals surface area (Å²) in [7, 11) is 0. The van der Waals surface area contributed by atoms with Crippen LogP contribution in [0.5, 0.6) is 0 Å². The van der Waals surface area contributed by atoms with Gasteiger partial charge >= 0.3 is 6.18 Å². The Morgan fingerprint density at radius 1 is 1.07 bits per heavy atom. The Bertz CT molecular complexity index is 910. The van der Waals surface area contributed by atoms with E-state index >= 15 is 0 Å². The van der Waals surface area contributed by atoms with Crippen LogP contribution in [-0.4, -0.2) is 29.4 Å². The molecule has 0 saturated carbocycles. The van der Waals surface area contributed by atoms with Crippen molar-refractivity contribution in [3.63, 3.8) is 0 Å². The lowest BCUT2D eigenvalue weighted by Gasteiger charge is -2.32. The van der Waals surface area contributed by atoms with Crippen molar-refractivity contribution in [3.05, 3.63) is 77.5 Å². The largest absolute Gasteiger partial charge is 0.397 e. The number of halogens is 3. The lowest BCUT2D eigenvalue weighted by Crippen LogP contribution is -2.38. The molecular formula is C22H21F3N2O2. The van der Waals surface area contributed by atoms with Crippen molar-refractivity contribution in [1.82, 2.24) is 10.2 Å². The lowest BCUT2D eigenvalue weighted by molar-refractivity contribution is -0.150. The molecule has 2 aromatic rings. The van der Waals surface area contributed by atoms with Crippen LogP contribution in [0.2, 0.25) is 0 Å². The molecule has 2 aromatic carbocycles. The number of hydrogen-bond donors (Lipinski definition) is 1. The second-order valence-corrected chi connectivity index (χ2v) is 6.90. The maximum atomic E-state index is 13.5. The molecule has 2 atom stereocenters. The number of carbonyl (C=O) groups is 2. The third-order valence-electron chi connectivity index (χ3n) is 4.95. The zero-order chi connectivity index (χ0) is 21.0. The third kappa shape index (κ3) is 4.85. The highest BCUT2D eigenvalue weighted by molar-refractivity contribution is 5.81. The molecule has 0 radical (unpaired) electrons. The molecule has 7 heteroatoms. The first-order valence-electron chi connectivity index (χ1n) is 9.21. The van der Waals surface area contributed by atoms with Crippen molar-refractivity contribution in [1.29, 1.82) is 0 Å². The van der Waals surface area contributed by atoms with Crippen LogP contribution in [0.25, 0.3) is 6.08 Å². The number of benzene rings is 2. The molecule has 4 nitrogen and oxygen atoms in total. The number of nitrogens with zero attached hydrogens (tertiary/aromatic N) is 1.